The molecule has 1 saturated heterocycles. The summed E-state index contributed by atoms with van der Waals surface area (Å²) < 4.78 is 31.2. The van der Waals surface area contributed by atoms with Gasteiger partial charge in [-0.25, -0.2) is 23.4 Å². The zero-order valence-electron chi connectivity index (χ0n) is 19.6. The zero-order valence-corrected chi connectivity index (χ0v) is 20.4. The van der Waals surface area contributed by atoms with Crippen molar-refractivity contribution in [1.29, 1.82) is 0 Å². The minimum absolute atomic E-state index is 0.123. The van der Waals surface area contributed by atoms with Crippen LogP contribution >= 0.6 is 0 Å². The van der Waals surface area contributed by atoms with Gasteiger partial charge >= 0.3 is 0 Å². The van der Waals surface area contributed by atoms with E-state index in [1.54, 1.807) is 31.1 Å². The highest BCUT2D eigenvalue weighted by Gasteiger charge is 2.31. The van der Waals surface area contributed by atoms with E-state index >= 15 is 0 Å². The Morgan fingerprint density at radius 3 is 2.65 bits per heavy atom. The van der Waals surface area contributed by atoms with Gasteiger partial charge in [0.15, 0.2) is 5.03 Å². The normalized spacial score (nSPS) is 16.9. The molecule has 34 heavy (non-hydrogen) atoms. The van der Waals surface area contributed by atoms with Crippen LogP contribution < -0.4 is 0 Å². The van der Waals surface area contributed by atoms with E-state index in [2.05, 4.69) is 36.9 Å². The molecule has 11 nitrogen and oxygen atoms in total. The van der Waals surface area contributed by atoms with Crippen molar-refractivity contribution >= 4 is 21.1 Å². The van der Waals surface area contributed by atoms with Crippen molar-refractivity contribution in [2.45, 2.75) is 31.3 Å². The number of hydrogen-bond donors (Lipinski definition) is 1. The standard InChI is InChI=1S/C22H29N9O2S/c1-4-18(31-12-17(11-26-31)21-19-5-6-23-22(19)25-15-24-21)13-29-7-9-30(10-8-29)34(32,33)20-14-28(3)16(2)27-20/h5-6,11-12,14-15,18H,4,7-10,13H2,1-3H3,(H,23,24,25). The highest BCUT2D eigenvalue weighted by atomic mass is 32.2. The van der Waals surface area contributed by atoms with E-state index in [0.29, 0.717) is 32.0 Å². The van der Waals surface area contributed by atoms with Crippen molar-refractivity contribution in [2.24, 2.45) is 7.05 Å². The third-order valence-electron chi connectivity index (χ3n) is 6.57. The molecule has 0 bridgehead atoms. The Bertz CT molecular complexity index is 1380. The van der Waals surface area contributed by atoms with Crippen molar-refractivity contribution in [3.05, 3.63) is 43.0 Å². The van der Waals surface area contributed by atoms with Gasteiger partial charge in [-0.1, -0.05) is 6.92 Å². The van der Waals surface area contributed by atoms with E-state index in [4.69, 9.17) is 0 Å². The third-order valence-corrected chi connectivity index (χ3v) is 8.34. The van der Waals surface area contributed by atoms with Gasteiger partial charge in [0.1, 0.15) is 17.8 Å². The lowest BCUT2D eigenvalue weighted by Gasteiger charge is -2.35. The quantitative estimate of drug-likeness (QED) is 0.426. The number of hydrogen-bond acceptors (Lipinski definition) is 7. The fourth-order valence-electron chi connectivity index (χ4n) is 4.40. The van der Waals surface area contributed by atoms with Crippen molar-refractivity contribution in [3.63, 3.8) is 0 Å². The molecule has 1 aliphatic heterocycles. The Kier molecular flexibility index (Phi) is 5.96. The number of fused-ring (bicyclic) bond motifs is 1. The monoisotopic (exact) mass is 483 g/mol. The fraction of sp³-hybridized carbons (Fsp3) is 0.455. The van der Waals surface area contributed by atoms with Gasteiger partial charge in [0.2, 0.25) is 0 Å². The summed E-state index contributed by atoms with van der Waals surface area (Å²) in [6, 6.07) is 2.15. The van der Waals surface area contributed by atoms with Gasteiger partial charge in [0, 0.05) is 69.3 Å². The molecule has 180 valence electrons. The second kappa shape index (κ2) is 8.93. The van der Waals surface area contributed by atoms with E-state index in [1.807, 2.05) is 29.3 Å². The van der Waals surface area contributed by atoms with Gasteiger partial charge in [0.05, 0.1) is 17.9 Å². The first-order chi connectivity index (χ1) is 16.4. The molecule has 1 aliphatic rings. The van der Waals surface area contributed by atoms with Crippen LogP contribution in [0.3, 0.4) is 0 Å². The summed E-state index contributed by atoms with van der Waals surface area (Å²) in [6.45, 7) is 6.99. The van der Waals surface area contributed by atoms with E-state index in [0.717, 1.165) is 35.3 Å². The molecule has 1 N–H and O–H groups in total. The molecule has 0 aromatic carbocycles. The number of sulfonamides is 1. The predicted octanol–water partition coefficient (Wildman–Crippen LogP) is 1.82. The molecule has 5 rings (SSSR count). The van der Waals surface area contributed by atoms with Crippen LogP contribution in [-0.2, 0) is 17.1 Å². The summed E-state index contributed by atoms with van der Waals surface area (Å²) in [5.74, 6) is 0.681. The van der Waals surface area contributed by atoms with Gasteiger partial charge in [0.25, 0.3) is 10.0 Å². The number of piperazine rings is 1. The van der Waals surface area contributed by atoms with Crippen LogP contribution in [0.4, 0.5) is 0 Å². The first-order valence-electron chi connectivity index (χ1n) is 11.4. The maximum Gasteiger partial charge on any atom is 0.262 e. The molecule has 12 heteroatoms. The van der Waals surface area contributed by atoms with Gasteiger partial charge < -0.3 is 9.55 Å². The number of rotatable bonds is 7. The maximum absolute atomic E-state index is 13.0. The molecule has 1 unspecified atom stereocenters. The van der Waals surface area contributed by atoms with E-state index in [-0.39, 0.29) is 11.1 Å². The Morgan fingerprint density at radius 2 is 1.94 bits per heavy atom. The second-order valence-corrected chi connectivity index (χ2v) is 10.6. The van der Waals surface area contributed by atoms with Crippen molar-refractivity contribution in [2.75, 3.05) is 32.7 Å². The average molecular weight is 484 g/mol. The summed E-state index contributed by atoms with van der Waals surface area (Å²) in [4.78, 5) is 18.4. The van der Waals surface area contributed by atoms with Gasteiger partial charge in [-0.2, -0.15) is 9.40 Å². The van der Waals surface area contributed by atoms with Crippen molar-refractivity contribution < 1.29 is 8.42 Å². The van der Waals surface area contributed by atoms with E-state index in [9.17, 15) is 8.42 Å². The smallest absolute Gasteiger partial charge is 0.262 e. The minimum Gasteiger partial charge on any atom is -0.346 e. The summed E-state index contributed by atoms with van der Waals surface area (Å²) in [5.41, 5.74) is 2.61. The van der Waals surface area contributed by atoms with Gasteiger partial charge in [-0.05, 0) is 19.4 Å². The number of aryl methyl sites for hydroxylation is 2. The van der Waals surface area contributed by atoms with Crippen molar-refractivity contribution in [1.82, 2.24) is 43.5 Å². The highest BCUT2D eigenvalue weighted by molar-refractivity contribution is 7.89. The molecule has 0 spiro atoms. The maximum atomic E-state index is 13.0. The SMILES string of the molecule is CCC(CN1CCN(S(=O)(=O)c2cn(C)c(C)n2)CC1)n1cc(-c2ncnc3[nH]ccc23)cn1. The highest BCUT2D eigenvalue weighted by Crippen LogP contribution is 2.26. The Labute approximate surface area is 198 Å². The molecular weight excluding hydrogens is 454 g/mol. The number of H-pyrrole nitrogens is 1. The molecule has 0 saturated carbocycles. The molecule has 0 aliphatic carbocycles. The lowest BCUT2D eigenvalue weighted by atomic mass is 10.1. The zero-order chi connectivity index (χ0) is 23.9. The van der Waals surface area contributed by atoms with Crippen LogP contribution in [-0.4, -0.2) is 84.6 Å². The summed E-state index contributed by atoms with van der Waals surface area (Å²) in [7, 11) is -1.77. The van der Waals surface area contributed by atoms with Crippen LogP contribution in [0.2, 0.25) is 0 Å². The van der Waals surface area contributed by atoms with Gasteiger partial charge in [-0.15, -0.1) is 0 Å². The lowest BCUT2D eigenvalue weighted by molar-refractivity contribution is 0.160. The summed E-state index contributed by atoms with van der Waals surface area (Å²) in [5, 5.41) is 5.72. The van der Waals surface area contributed by atoms with Crippen LogP contribution in [0.5, 0.6) is 0 Å². The number of aromatic amines is 1. The molecule has 0 radical (unpaired) electrons. The molecule has 1 fully saturated rings. The molecule has 4 aromatic rings. The molecular formula is C22H29N9O2S. The Morgan fingerprint density at radius 1 is 1.15 bits per heavy atom. The first kappa shape index (κ1) is 22.7. The van der Waals surface area contributed by atoms with Crippen LogP contribution in [0.15, 0.2) is 42.2 Å². The lowest BCUT2D eigenvalue weighted by Crippen LogP contribution is -2.49. The van der Waals surface area contributed by atoms with Gasteiger partial charge in [-0.3, -0.25) is 9.58 Å². The second-order valence-electron chi connectivity index (χ2n) is 8.68. The predicted molar refractivity (Wildman–Crippen MR) is 128 cm³/mol. The molecule has 4 aromatic heterocycles. The largest absolute Gasteiger partial charge is 0.346 e. The number of nitrogens with zero attached hydrogens (tertiary/aromatic N) is 8. The van der Waals surface area contributed by atoms with Crippen molar-refractivity contribution in [3.8, 4) is 11.3 Å². The van der Waals surface area contributed by atoms with E-state index < -0.39 is 10.0 Å². The number of imidazole rings is 1. The Hall–Kier alpha value is -3.09. The number of aromatic nitrogens is 7. The average Bonchev–Trinajstić information content (AvgIpc) is 3.58. The summed E-state index contributed by atoms with van der Waals surface area (Å²) in [6.07, 6.45) is 9.79. The topological polar surface area (TPSA) is 118 Å². The minimum atomic E-state index is -3.57. The van der Waals surface area contributed by atoms with Crippen LogP contribution in [0, 0.1) is 6.92 Å². The number of nitrogens with one attached hydrogen (secondary N) is 1. The molecule has 0 amide bonds. The molecule has 1 atom stereocenters. The van der Waals surface area contributed by atoms with Crippen LogP contribution in [0.25, 0.3) is 22.3 Å². The molecule has 5 heterocycles. The Balaban J connectivity index is 1.25. The van der Waals surface area contributed by atoms with E-state index in [1.165, 1.54) is 4.31 Å². The third kappa shape index (κ3) is 4.12. The first-order valence-corrected chi connectivity index (χ1v) is 12.9. The summed E-state index contributed by atoms with van der Waals surface area (Å²) >= 11 is 0. The van der Waals surface area contributed by atoms with Crippen LogP contribution in [0.1, 0.15) is 25.2 Å². The fourth-order valence-corrected chi connectivity index (χ4v) is 5.84.